The van der Waals surface area contributed by atoms with Crippen LogP contribution in [0.1, 0.15) is 22.7 Å². The van der Waals surface area contributed by atoms with Crippen LogP contribution in [0.5, 0.6) is 0 Å². The first-order valence-corrected chi connectivity index (χ1v) is 6.46. The lowest BCUT2D eigenvalue weighted by atomic mass is 9.98. The Hall–Kier alpha value is -1.40. The summed E-state index contributed by atoms with van der Waals surface area (Å²) >= 11 is 2.87. The highest BCUT2D eigenvalue weighted by Gasteiger charge is 2.33. The molecule has 2 aromatic carbocycles. The van der Waals surface area contributed by atoms with Gasteiger partial charge in [0, 0.05) is 4.47 Å². The Labute approximate surface area is 121 Å². The van der Waals surface area contributed by atoms with Crippen LogP contribution in [-0.4, -0.2) is 0 Å². The molecule has 1 atom stereocenters. The van der Waals surface area contributed by atoms with E-state index < -0.39 is 23.6 Å². The topological polar surface area (TPSA) is 26.0 Å². The quantitative estimate of drug-likeness (QED) is 0.786. The standard InChI is InChI=1S/C14H10BrF4N/c15-12-6-3-9(7-11(12)14(17,18)19)13(20)8-1-4-10(16)5-2-8/h1-7,13H,20H2. The number of nitrogens with two attached hydrogens (primary N) is 1. The van der Waals surface area contributed by atoms with Crippen molar-refractivity contribution in [3.63, 3.8) is 0 Å². The number of hydrogen-bond donors (Lipinski definition) is 1. The van der Waals surface area contributed by atoms with Crippen LogP contribution in [0, 0.1) is 5.82 Å². The summed E-state index contributed by atoms with van der Waals surface area (Å²) in [5.41, 5.74) is 5.99. The lowest BCUT2D eigenvalue weighted by Gasteiger charge is -2.16. The zero-order valence-corrected chi connectivity index (χ0v) is 11.7. The van der Waals surface area contributed by atoms with E-state index in [0.29, 0.717) is 11.1 Å². The van der Waals surface area contributed by atoms with Crippen molar-refractivity contribution in [3.05, 3.63) is 69.4 Å². The Balaban J connectivity index is 2.40. The predicted molar refractivity (Wildman–Crippen MR) is 71.6 cm³/mol. The molecule has 2 rings (SSSR count). The van der Waals surface area contributed by atoms with Gasteiger partial charge in [0.2, 0.25) is 0 Å². The van der Waals surface area contributed by atoms with Crippen molar-refractivity contribution in [3.8, 4) is 0 Å². The number of halogens is 5. The highest BCUT2D eigenvalue weighted by atomic mass is 79.9. The molecule has 0 amide bonds. The van der Waals surface area contributed by atoms with Crippen molar-refractivity contribution in [2.75, 3.05) is 0 Å². The van der Waals surface area contributed by atoms with E-state index in [0.717, 1.165) is 6.07 Å². The van der Waals surface area contributed by atoms with Crippen LogP contribution in [0.2, 0.25) is 0 Å². The van der Waals surface area contributed by atoms with Gasteiger partial charge in [-0.3, -0.25) is 0 Å². The molecule has 0 aliphatic carbocycles. The van der Waals surface area contributed by atoms with E-state index in [4.69, 9.17) is 5.73 Å². The van der Waals surface area contributed by atoms with Gasteiger partial charge in [-0.05, 0) is 35.4 Å². The van der Waals surface area contributed by atoms with Crippen LogP contribution < -0.4 is 5.73 Å². The van der Waals surface area contributed by atoms with Gasteiger partial charge in [-0.15, -0.1) is 0 Å². The molecule has 0 aliphatic rings. The average Bonchev–Trinajstić information content (AvgIpc) is 2.38. The molecule has 0 bridgehead atoms. The molecule has 0 saturated heterocycles. The Bertz CT molecular complexity index is 608. The highest BCUT2D eigenvalue weighted by Crippen LogP contribution is 2.36. The Kier molecular flexibility index (Phi) is 4.15. The van der Waals surface area contributed by atoms with E-state index in [2.05, 4.69) is 15.9 Å². The molecule has 0 saturated carbocycles. The van der Waals surface area contributed by atoms with Crippen LogP contribution in [0.3, 0.4) is 0 Å². The summed E-state index contributed by atoms with van der Waals surface area (Å²) in [6.45, 7) is 0. The summed E-state index contributed by atoms with van der Waals surface area (Å²) in [4.78, 5) is 0. The largest absolute Gasteiger partial charge is 0.417 e. The Morgan fingerprint density at radius 2 is 1.50 bits per heavy atom. The minimum absolute atomic E-state index is 0.0416. The number of hydrogen-bond acceptors (Lipinski definition) is 1. The van der Waals surface area contributed by atoms with E-state index in [1.54, 1.807) is 0 Å². The molecule has 6 heteroatoms. The molecule has 2 aromatic rings. The highest BCUT2D eigenvalue weighted by molar-refractivity contribution is 9.10. The van der Waals surface area contributed by atoms with E-state index in [1.807, 2.05) is 0 Å². The molecular weight excluding hydrogens is 338 g/mol. The molecule has 0 spiro atoms. The summed E-state index contributed by atoms with van der Waals surface area (Å²) in [7, 11) is 0. The molecule has 0 heterocycles. The Morgan fingerprint density at radius 1 is 0.950 bits per heavy atom. The first-order chi connectivity index (χ1) is 9.29. The predicted octanol–water partition coefficient (Wildman–Crippen LogP) is 4.66. The van der Waals surface area contributed by atoms with Gasteiger partial charge in [0.15, 0.2) is 0 Å². The molecule has 0 fully saturated rings. The second-order valence-corrected chi connectivity index (χ2v) is 5.12. The van der Waals surface area contributed by atoms with Gasteiger partial charge in [0.25, 0.3) is 0 Å². The molecule has 0 radical (unpaired) electrons. The fraction of sp³-hybridized carbons (Fsp3) is 0.143. The van der Waals surface area contributed by atoms with E-state index in [1.165, 1.54) is 36.4 Å². The molecule has 2 N–H and O–H groups in total. The van der Waals surface area contributed by atoms with Gasteiger partial charge >= 0.3 is 6.18 Å². The third kappa shape index (κ3) is 3.19. The normalized spacial score (nSPS) is 13.3. The van der Waals surface area contributed by atoms with Crippen molar-refractivity contribution in [1.29, 1.82) is 0 Å². The van der Waals surface area contributed by atoms with Gasteiger partial charge in [-0.2, -0.15) is 13.2 Å². The van der Waals surface area contributed by atoms with E-state index >= 15 is 0 Å². The first kappa shape index (κ1) is 15.0. The van der Waals surface area contributed by atoms with Gasteiger partial charge < -0.3 is 5.73 Å². The summed E-state index contributed by atoms with van der Waals surface area (Å²) in [5.74, 6) is -0.423. The molecule has 1 unspecified atom stereocenters. The maximum atomic E-state index is 12.8. The van der Waals surface area contributed by atoms with Gasteiger partial charge in [-0.25, -0.2) is 4.39 Å². The molecule has 0 aromatic heterocycles. The maximum absolute atomic E-state index is 12.8. The van der Waals surface area contributed by atoms with Crippen LogP contribution in [0.4, 0.5) is 17.6 Å². The lowest BCUT2D eigenvalue weighted by molar-refractivity contribution is -0.138. The van der Waals surface area contributed by atoms with Crippen molar-refractivity contribution >= 4 is 15.9 Å². The monoisotopic (exact) mass is 347 g/mol. The molecular formula is C14H10BrF4N. The maximum Gasteiger partial charge on any atom is 0.417 e. The van der Waals surface area contributed by atoms with E-state index in [-0.39, 0.29) is 4.47 Å². The zero-order valence-electron chi connectivity index (χ0n) is 10.1. The zero-order chi connectivity index (χ0) is 14.9. The van der Waals surface area contributed by atoms with Crippen molar-refractivity contribution in [2.45, 2.75) is 12.2 Å². The molecule has 1 nitrogen and oxygen atoms in total. The third-order valence-corrected chi connectivity index (χ3v) is 3.58. The van der Waals surface area contributed by atoms with Crippen molar-refractivity contribution < 1.29 is 17.6 Å². The van der Waals surface area contributed by atoms with Gasteiger partial charge in [0.05, 0.1) is 11.6 Å². The fourth-order valence-corrected chi connectivity index (χ4v) is 2.29. The minimum atomic E-state index is -4.46. The van der Waals surface area contributed by atoms with Crippen LogP contribution in [0.15, 0.2) is 46.9 Å². The molecule has 20 heavy (non-hydrogen) atoms. The second-order valence-electron chi connectivity index (χ2n) is 4.27. The van der Waals surface area contributed by atoms with Crippen LogP contribution in [0.25, 0.3) is 0 Å². The van der Waals surface area contributed by atoms with Gasteiger partial charge in [0.1, 0.15) is 5.82 Å². The van der Waals surface area contributed by atoms with Crippen molar-refractivity contribution in [2.24, 2.45) is 5.73 Å². The summed E-state index contributed by atoms with van der Waals surface area (Å²) in [6, 6.07) is 8.42. The fourth-order valence-electron chi connectivity index (χ4n) is 1.82. The third-order valence-electron chi connectivity index (χ3n) is 2.88. The Morgan fingerprint density at radius 3 is 2.05 bits per heavy atom. The summed E-state index contributed by atoms with van der Waals surface area (Å²) in [5, 5.41) is 0. The van der Waals surface area contributed by atoms with E-state index in [9.17, 15) is 17.6 Å². The van der Waals surface area contributed by atoms with Gasteiger partial charge in [-0.1, -0.05) is 34.1 Å². The molecule has 0 aliphatic heterocycles. The number of rotatable bonds is 2. The number of benzene rings is 2. The lowest BCUT2D eigenvalue weighted by Crippen LogP contribution is -2.14. The molecule has 106 valence electrons. The summed E-state index contributed by atoms with van der Waals surface area (Å²) < 4.78 is 51.3. The average molecular weight is 348 g/mol. The van der Waals surface area contributed by atoms with Crippen LogP contribution in [-0.2, 0) is 6.18 Å². The second kappa shape index (κ2) is 5.54. The smallest absolute Gasteiger partial charge is 0.320 e. The minimum Gasteiger partial charge on any atom is -0.320 e. The van der Waals surface area contributed by atoms with Crippen molar-refractivity contribution in [1.82, 2.24) is 0 Å². The number of alkyl halides is 3. The van der Waals surface area contributed by atoms with Crippen LogP contribution >= 0.6 is 15.9 Å². The first-order valence-electron chi connectivity index (χ1n) is 5.66. The SMILES string of the molecule is NC(c1ccc(F)cc1)c1ccc(Br)c(C(F)(F)F)c1. The summed E-state index contributed by atoms with van der Waals surface area (Å²) in [6.07, 6.45) is -4.46.